The molecule has 19 heavy (non-hydrogen) atoms. The Labute approximate surface area is 112 Å². The summed E-state index contributed by atoms with van der Waals surface area (Å²) in [7, 11) is 0. The minimum absolute atomic E-state index is 0.338. The Morgan fingerprint density at radius 2 is 2.42 bits per heavy atom. The molecule has 2 aliphatic rings. The van der Waals surface area contributed by atoms with E-state index >= 15 is 0 Å². The molecule has 0 amide bonds. The molecule has 2 aliphatic heterocycles. The third-order valence-corrected chi connectivity index (χ3v) is 3.42. The molecule has 2 rings (SSSR count). The van der Waals surface area contributed by atoms with Gasteiger partial charge in [0.05, 0.1) is 29.7 Å². The highest BCUT2D eigenvalue weighted by atomic mass is 19.1. The van der Waals surface area contributed by atoms with Crippen LogP contribution in [0.15, 0.2) is 33.8 Å². The van der Waals surface area contributed by atoms with Crippen LogP contribution in [-0.4, -0.2) is 49.2 Å². The van der Waals surface area contributed by atoms with Gasteiger partial charge in [-0.2, -0.15) is 0 Å². The molecule has 6 heteroatoms. The summed E-state index contributed by atoms with van der Waals surface area (Å²) in [5.41, 5.74) is 7.61. The SMILES string of the molecule is C=NC(=CN)C(C)=NC1CCN(C2=COC2)CC1F. The second kappa shape index (κ2) is 5.86. The van der Waals surface area contributed by atoms with Gasteiger partial charge in [0.2, 0.25) is 0 Å². The number of nitrogens with two attached hydrogens (primary N) is 1. The lowest BCUT2D eigenvalue weighted by Crippen LogP contribution is -2.45. The number of piperidine rings is 1. The molecule has 2 unspecified atom stereocenters. The Balaban J connectivity index is 1.99. The number of nitrogens with zero attached hydrogens (tertiary/aromatic N) is 3. The normalized spacial score (nSPS) is 28.3. The largest absolute Gasteiger partial charge is 0.493 e. The number of hydrogen-bond donors (Lipinski definition) is 1. The summed E-state index contributed by atoms with van der Waals surface area (Å²) in [6.45, 7) is 6.93. The first-order chi connectivity index (χ1) is 9.15. The number of allylic oxidation sites excluding steroid dienone is 1. The Kier molecular flexibility index (Phi) is 4.19. The van der Waals surface area contributed by atoms with Gasteiger partial charge in [0.25, 0.3) is 0 Å². The van der Waals surface area contributed by atoms with Gasteiger partial charge in [0.15, 0.2) is 0 Å². The maximum Gasteiger partial charge on any atom is 0.140 e. The van der Waals surface area contributed by atoms with E-state index in [1.165, 1.54) is 6.20 Å². The molecule has 2 heterocycles. The van der Waals surface area contributed by atoms with E-state index in [0.717, 1.165) is 12.2 Å². The fraction of sp³-hybridized carbons (Fsp3) is 0.538. The number of hydrogen-bond acceptors (Lipinski definition) is 5. The summed E-state index contributed by atoms with van der Waals surface area (Å²) in [6.07, 6.45) is 2.70. The lowest BCUT2D eigenvalue weighted by molar-refractivity contribution is 0.0983. The zero-order valence-electron chi connectivity index (χ0n) is 11.1. The van der Waals surface area contributed by atoms with Crippen LogP contribution in [0.2, 0.25) is 0 Å². The van der Waals surface area contributed by atoms with E-state index in [9.17, 15) is 4.39 Å². The number of rotatable bonds is 4. The van der Waals surface area contributed by atoms with Crippen molar-refractivity contribution in [3.05, 3.63) is 23.9 Å². The first kappa shape index (κ1) is 13.6. The quantitative estimate of drug-likeness (QED) is 0.778. The molecule has 0 radical (unpaired) electrons. The average Bonchev–Trinajstić information content (AvgIpc) is 2.32. The average molecular weight is 266 g/mol. The summed E-state index contributed by atoms with van der Waals surface area (Å²) in [5.74, 6) is 0. The molecule has 0 bridgehead atoms. The highest BCUT2D eigenvalue weighted by Gasteiger charge is 2.31. The van der Waals surface area contributed by atoms with E-state index in [2.05, 4.69) is 16.7 Å². The summed E-state index contributed by atoms with van der Waals surface area (Å²) in [6, 6.07) is -0.338. The zero-order chi connectivity index (χ0) is 13.8. The predicted octanol–water partition coefficient (Wildman–Crippen LogP) is 1.23. The zero-order valence-corrected chi connectivity index (χ0v) is 11.1. The number of aliphatic imine (C=N–C) groups is 2. The molecule has 5 nitrogen and oxygen atoms in total. The number of ether oxygens (including phenoxy) is 1. The molecule has 0 aliphatic carbocycles. The van der Waals surface area contributed by atoms with Gasteiger partial charge in [0, 0.05) is 12.7 Å². The molecule has 2 N–H and O–H groups in total. The summed E-state index contributed by atoms with van der Waals surface area (Å²) >= 11 is 0. The predicted molar refractivity (Wildman–Crippen MR) is 73.8 cm³/mol. The van der Waals surface area contributed by atoms with Gasteiger partial charge in [-0.25, -0.2) is 4.39 Å². The van der Waals surface area contributed by atoms with Gasteiger partial charge in [-0.3, -0.25) is 9.98 Å². The van der Waals surface area contributed by atoms with Crippen molar-refractivity contribution in [3.8, 4) is 0 Å². The second-order valence-corrected chi connectivity index (χ2v) is 4.66. The fourth-order valence-electron chi connectivity index (χ4n) is 2.23. The third-order valence-electron chi connectivity index (χ3n) is 3.42. The number of alkyl halides is 1. The van der Waals surface area contributed by atoms with E-state index in [-0.39, 0.29) is 6.04 Å². The van der Waals surface area contributed by atoms with Crippen LogP contribution in [0.25, 0.3) is 0 Å². The molecule has 2 atom stereocenters. The topological polar surface area (TPSA) is 63.2 Å². The lowest BCUT2D eigenvalue weighted by atomic mass is 10.0. The first-order valence-corrected chi connectivity index (χ1v) is 6.28. The van der Waals surface area contributed by atoms with E-state index in [1.54, 1.807) is 13.2 Å². The van der Waals surface area contributed by atoms with Crippen molar-refractivity contribution in [1.82, 2.24) is 4.90 Å². The molecule has 0 spiro atoms. The maximum atomic E-state index is 14.1. The summed E-state index contributed by atoms with van der Waals surface area (Å²) < 4.78 is 19.1. The second-order valence-electron chi connectivity index (χ2n) is 4.66. The van der Waals surface area contributed by atoms with Crippen LogP contribution < -0.4 is 5.73 Å². The summed E-state index contributed by atoms with van der Waals surface area (Å²) in [5, 5.41) is 0. The van der Waals surface area contributed by atoms with Crippen LogP contribution in [0, 0.1) is 0 Å². The van der Waals surface area contributed by atoms with Gasteiger partial charge in [0.1, 0.15) is 19.0 Å². The maximum absolute atomic E-state index is 14.1. The van der Waals surface area contributed by atoms with Crippen molar-refractivity contribution in [1.29, 1.82) is 0 Å². The number of halogens is 1. The molecular weight excluding hydrogens is 247 g/mol. The van der Waals surface area contributed by atoms with Crippen LogP contribution >= 0.6 is 0 Å². The standard InChI is InChI=1S/C13H19FN4O/c1-9(13(5-15)16-2)17-12-3-4-18(6-11(12)14)10-7-19-8-10/h5,7,11-12H,2-4,6,8,15H2,1H3. The monoisotopic (exact) mass is 266 g/mol. The van der Waals surface area contributed by atoms with E-state index in [4.69, 9.17) is 10.5 Å². The fourth-order valence-corrected chi connectivity index (χ4v) is 2.23. The molecule has 1 saturated heterocycles. The van der Waals surface area contributed by atoms with Crippen molar-refractivity contribution in [2.75, 3.05) is 19.7 Å². The highest BCUT2D eigenvalue weighted by molar-refractivity contribution is 5.98. The van der Waals surface area contributed by atoms with Gasteiger partial charge in [-0.05, 0) is 20.1 Å². The van der Waals surface area contributed by atoms with Crippen molar-refractivity contribution in [2.45, 2.75) is 25.6 Å². The third kappa shape index (κ3) is 2.94. The van der Waals surface area contributed by atoms with Crippen LogP contribution in [0.3, 0.4) is 0 Å². The van der Waals surface area contributed by atoms with Crippen molar-refractivity contribution in [2.24, 2.45) is 15.7 Å². The van der Waals surface area contributed by atoms with Gasteiger partial charge in [-0.15, -0.1) is 0 Å². The molecule has 0 saturated carbocycles. The Hall–Kier alpha value is -1.85. The van der Waals surface area contributed by atoms with E-state index < -0.39 is 6.17 Å². The Morgan fingerprint density at radius 1 is 1.68 bits per heavy atom. The smallest absolute Gasteiger partial charge is 0.140 e. The molecule has 0 aromatic carbocycles. The summed E-state index contributed by atoms with van der Waals surface area (Å²) in [4.78, 5) is 10.2. The van der Waals surface area contributed by atoms with Crippen molar-refractivity contribution >= 4 is 12.4 Å². The van der Waals surface area contributed by atoms with Crippen LogP contribution in [0.5, 0.6) is 0 Å². The minimum Gasteiger partial charge on any atom is -0.493 e. The van der Waals surface area contributed by atoms with E-state index in [0.29, 0.717) is 31.0 Å². The van der Waals surface area contributed by atoms with Gasteiger partial charge in [-0.1, -0.05) is 0 Å². The van der Waals surface area contributed by atoms with Crippen molar-refractivity contribution in [3.63, 3.8) is 0 Å². The number of likely N-dealkylation sites (tertiary alicyclic amines) is 1. The Bertz CT molecular complexity index is 444. The van der Waals surface area contributed by atoms with Crippen LogP contribution in [0.1, 0.15) is 13.3 Å². The van der Waals surface area contributed by atoms with E-state index in [1.807, 2.05) is 4.90 Å². The molecule has 0 aromatic rings. The van der Waals surface area contributed by atoms with Gasteiger partial charge >= 0.3 is 0 Å². The molecule has 1 fully saturated rings. The van der Waals surface area contributed by atoms with Crippen LogP contribution in [-0.2, 0) is 4.74 Å². The molecular formula is C13H19FN4O. The lowest BCUT2D eigenvalue weighted by Gasteiger charge is -2.37. The van der Waals surface area contributed by atoms with Crippen molar-refractivity contribution < 1.29 is 9.13 Å². The van der Waals surface area contributed by atoms with Crippen LogP contribution in [0.4, 0.5) is 4.39 Å². The molecule has 0 aromatic heterocycles. The molecule has 104 valence electrons. The highest BCUT2D eigenvalue weighted by Crippen LogP contribution is 2.24. The minimum atomic E-state index is -0.992. The van der Waals surface area contributed by atoms with Gasteiger partial charge < -0.3 is 15.4 Å². The Morgan fingerprint density at radius 3 is 2.89 bits per heavy atom. The first-order valence-electron chi connectivity index (χ1n) is 6.28.